The summed E-state index contributed by atoms with van der Waals surface area (Å²) in [6.45, 7) is 10.2. The third-order valence-electron chi connectivity index (χ3n) is 5.87. The van der Waals surface area contributed by atoms with Crippen molar-refractivity contribution in [2.75, 3.05) is 11.5 Å². The summed E-state index contributed by atoms with van der Waals surface area (Å²) >= 11 is 0. The van der Waals surface area contributed by atoms with Gasteiger partial charge in [-0.05, 0) is 76.1 Å². The quantitative estimate of drug-likeness (QED) is 0.442. The number of aromatic nitrogens is 1. The van der Waals surface area contributed by atoms with Crippen LogP contribution in [0.25, 0.3) is 11.8 Å². The zero-order valence-electron chi connectivity index (χ0n) is 19.9. The number of carbonyl (C=O) groups excluding carboxylic acids is 3. The van der Waals surface area contributed by atoms with Crippen molar-refractivity contribution in [1.29, 1.82) is 0 Å². The maximum atomic E-state index is 13.4. The first kappa shape index (κ1) is 23.0. The van der Waals surface area contributed by atoms with Gasteiger partial charge in [0.2, 0.25) is 0 Å². The Kier molecular flexibility index (Phi) is 6.11. The second-order valence-corrected chi connectivity index (χ2v) is 8.31. The molecule has 34 heavy (non-hydrogen) atoms. The molecule has 0 aliphatic carbocycles. The molecule has 4 rings (SSSR count). The summed E-state index contributed by atoms with van der Waals surface area (Å²) in [4.78, 5) is 39.6. The number of benzene rings is 2. The van der Waals surface area contributed by atoms with Gasteiger partial charge in [0.1, 0.15) is 11.3 Å². The Morgan fingerprint density at radius 3 is 2.38 bits per heavy atom. The molecule has 174 valence electrons. The van der Waals surface area contributed by atoms with Crippen LogP contribution in [0, 0.1) is 27.7 Å². The van der Waals surface area contributed by atoms with Crippen molar-refractivity contribution in [2.45, 2.75) is 34.6 Å². The van der Waals surface area contributed by atoms with E-state index in [1.54, 1.807) is 30.3 Å². The van der Waals surface area contributed by atoms with Crippen LogP contribution in [0.4, 0.5) is 10.5 Å². The van der Waals surface area contributed by atoms with E-state index in [0.29, 0.717) is 12.4 Å². The number of para-hydroxylation sites is 2. The first-order valence-electron chi connectivity index (χ1n) is 11.1. The van der Waals surface area contributed by atoms with E-state index in [1.807, 2.05) is 33.8 Å². The van der Waals surface area contributed by atoms with Gasteiger partial charge in [-0.25, -0.2) is 9.69 Å². The van der Waals surface area contributed by atoms with Crippen molar-refractivity contribution in [1.82, 2.24) is 9.88 Å². The van der Waals surface area contributed by atoms with Crippen molar-refractivity contribution in [3.8, 4) is 11.4 Å². The first-order chi connectivity index (χ1) is 16.2. The molecule has 3 aromatic rings. The molecule has 0 bridgehead atoms. The topological polar surface area (TPSA) is 80.6 Å². The predicted octanol–water partition coefficient (Wildman–Crippen LogP) is 4.78. The van der Waals surface area contributed by atoms with Crippen LogP contribution in [-0.2, 0) is 9.59 Å². The fourth-order valence-electron chi connectivity index (χ4n) is 4.31. The Morgan fingerprint density at radius 1 is 0.941 bits per heavy atom. The Balaban J connectivity index is 1.78. The summed E-state index contributed by atoms with van der Waals surface area (Å²) in [6, 6.07) is 14.1. The van der Waals surface area contributed by atoms with Crippen LogP contribution < -0.4 is 15.0 Å². The number of hydrogen-bond acceptors (Lipinski definition) is 4. The average Bonchev–Trinajstić information content (AvgIpc) is 3.05. The van der Waals surface area contributed by atoms with Crippen molar-refractivity contribution in [3.05, 3.63) is 82.2 Å². The second-order valence-electron chi connectivity index (χ2n) is 8.31. The lowest BCUT2D eigenvalue weighted by Crippen LogP contribution is -2.54. The highest BCUT2D eigenvalue weighted by molar-refractivity contribution is 6.39. The Morgan fingerprint density at radius 2 is 1.68 bits per heavy atom. The van der Waals surface area contributed by atoms with Crippen LogP contribution in [0.15, 0.2) is 54.1 Å². The SMILES string of the molecule is CCOc1ccccc1N1C(=O)NC(=O)/C(=C\c2cc(C)n(-c3ccc(C)cc3C)c2C)C1=O. The number of ether oxygens (including phenoxy) is 1. The van der Waals surface area contributed by atoms with Crippen LogP contribution in [0.2, 0.25) is 0 Å². The fraction of sp³-hybridized carbons (Fsp3) is 0.222. The number of urea groups is 1. The van der Waals surface area contributed by atoms with E-state index in [-0.39, 0.29) is 11.3 Å². The van der Waals surface area contributed by atoms with E-state index in [2.05, 4.69) is 35.0 Å². The summed E-state index contributed by atoms with van der Waals surface area (Å²) < 4.78 is 7.69. The van der Waals surface area contributed by atoms with Gasteiger partial charge in [0.25, 0.3) is 11.8 Å². The number of anilines is 1. The number of amides is 4. The van der Waals surface area contributed by atoms with E-state index in [0.717, 1.165) is 33.1 Å². The number of barbiturate groups is 1. The third-order valence-corrected chi connectivity index (χ3v) is 5.87. The highest BCUT2D eigenvalue weighted by Crippen LogP contribution is 2.32. The van der Waals surface area contributed by atoms with Gasteiger partial charge in [-0.3, -0.25) is 14.9 Å². The molecule has 1 aromatic heterocycles. The van der Waals surface area contributed by atoms with Gasteiger partial charge in [0, 0.05) is 17.1 Å². The van der Waals surface area contributed by atoms with Gasteiger partial charge in [0.15, 0.2) is 0 Å². The molecule has 0 radical (unpaired) electrons. The molecule has 1 N–H and O–H groups in total. The monoisotopic (exact) mass is 457 g/mol. The third kappa shape index (κ3) is 4.01. The van der Waals surface area contributed by atoms with Gasteiger partial charge in [-0.1, -0.05) is 29.8 Å². The van der Waals surface area contributed by atoms with Crippen LogP contribution in [0.3, 0.4) is 0 Å². The van der Waals surface area contributed by atoms with Crippen LogP contribution >= 0.6 is 0 Å². The molecule has 1 saturated heterocycles. The minimum absolute atomic E-state index is 0.119. The summed E-state index contributed by atoms with van der Waals surface area (Å²) in [6.07, 6.45) is 1.54. The highest BCUT2D eigenvalue weighted by atomic mass is 16.5. The number of imide groups is 2. The summed E-state index contributed by atoms with van der Waals surface area (Å²) in [7, 11) is 0. The van der Waals surface area contributed by atoms with Gasteiger partial charge < -0.3 is 9.30 Å². The lowest BCUT2D eigenvalue weighted by molar-refractivity contribution is -0.122. The van der Waals surface area contributed by atoms with Crippen molar-refractivity contribution >= 4 is 29.6 Å². The molecule has 7 nitrogen and oxygen atoms in total. The predicted molar refractivity (Wildman–Crippen MR) is 131 cm³/mol. The number of hydrogen-bond donors (Lipinski definition) is 1. The molecule has 0 spiro atoms. The summed E-state index contributed by atoms with van der Waals surface area (Å²) in [5, 5.41) is 2.28. The second kappa shape index (κ2) is 9.02. The number of nitrogens with zero attached hydrogens (tertiary/aromatic N) is 2. The first-order valence-corrected chi connectivity index (χ1v) is 11.1. The lowest BCUT2D eigenvalue weighted by Gasteiger charge is -2.27. The van der Waals surface area contributed by atoms with Gasteiger partial charge in [-0.2, -0.15) is 0 Å². The van der Waals surface area contributed by atoms with Crippen molar-refractivity contribution < 1.29 is 19.1 Å². The zero-order chi connectivity index (χ0) is 24.6. The minimum atomic E-state index is -0.806. The molecule has 1 aliphatic heterocycles. The van der Waals surface area contributed by atoms with Crippen LogP contribution in [-0.4, -0.2) is 29.0 Å². The van der Waals surface area contributed by atoms with Gasteiger partial charge >= 0.3 is 6.03 Å². The van der Waals surface area contributed by atoms with Crippen LogP contribution in [0.5, 0.6) is 5.75 Å². The molecule has 2 aromatic carbocycles. The Labute approximate surface area is 198 Å². The Bertz CT molecular complexity index is 1350. The number of carbonyl (C=O) groups is 3. The van der Waals surface area contributed by atoms with E-state index >= 15 is 0 Å². The average molecular weight is 458 g/mol. The lowest BCUT2D eigenvalue weighted by atomic mass is 10.1. The maximum absolute atomic E-state index is 13.4. The molecule has 7 heteroatoms. The van der Waals surface area contributed by atoms with Gasteiger partial charge in [-0.15, -0.1) is 0 Å². The molecule has 1 aliphatic rings. The molecule has 1 fully saturated rings. The number of rotatable bonds is 5. The molecule has 0 unspecified atom stereocenters. The summed E-state index contributed by atoms with van der Waals surface area (Å²) in [5.74, 6) is -1.04. The smallest absolute Gasteiger partial charge is 0.336 e. The van der Waals surface area contributed by atoms with E-state index in [1.165, 1.54) is 5.56 Å². The minimum Gasteiger partial charge on any atom is -0.492 e. The Hall–Kier alpha value is -4.13. The van der Waals surface area contributed by atoms with E-state index < -0.39 is 17.8 Å². The molecular formula is C27H27N3O4. The molecular weight excluding hydrogens is 430 g/mol. The molecule has 0 saturated carbocycles. The number of nitrogens with one attached hydrogen (secondary N) is 1. The number of aryl methyl sites for hydroxylation is 3. The van der Waals surface area contributed by atoms with Crippen LogP contribution in [0.1, 0.15) is 35.0 Å². The van der Waals surface area contributed by atoms with E-state index in [4.69, 9.17) is 4.74 Å². The van der Waals surface area contributed by atoms with Crippen molar-refractivity contribution in [2.24, 2.45) is 0 Å². The highest BCUT2D eigenvalue weighted by Gasteiger charge is 2.38. The van der Waals surface area contributed by atoms with E-state index in [9.17, 15) is 14.4 Å². The van der Waals surface area contributed by atoms with Gasteiger partial charge in [0.05, 0.1) is 12.3 Å². The molecule has 2 heterocycles. The molecule has 4 amide bonds. The normalized spacial score (nSPS) is 15.1. The zero-order valence-corrected chi connectivity index (χ0v) is 19.9. The molecule has 0 atom stereocenters. The maximum Gasteiger partial charge on any atom is 0.336 e. The largest absolute Gasteiger partial charge is 0.492 e. The fourth-order valence-corrected chi connectivity index (χ4v) is 4.31. The van der Waals surface area contributed by atoms with Crippen molar-refractivity contribution in [3.63, 3.8) is 0 Å². The summed E-state index contributed by atoms with van der Waals surface area (Å²) in [5.41, 5.74) is 6.07. The standard InChI is InChI=1S/C27H27N3O4/c1-6-34-24-10-8-7-9-23(24)30-26(32)21(25(31)28-27(30)33)15-20-14-18(4)29(19(20)5)22-12-11-16(2)13-17(22)3/h7-15H,6H2,1-5H3,(H,28,31,33)/b21-15+.